The number of amides is 1. The van der Waals surface area contributed by atoms with Crippen LogP contribution < -0.4 is 15.4 Å². The Morgan fingerprint density at radius 1 is 1.21 bits per heavy atom. The van der Waals surface area contributed by atoms with E-state index in [2.05, 4.69) is 21.7 Å². The zero-order valence-electron chi connectivity index (χ0n) is 18.5. The van der Waals surface area contributed by atoms with E-state index in [1.807, 2.05) is 45.9 Å². The van der Waals surface area contributed by atoms with Crippen molar-refractivity contribution in [2.45, 2.75) is 52.7 Å². The Hall–Kier alpha value is -2.44. The second-order valence-electron chi connectivity index (χ2n) is 8.26. The molecule has 0 radical (unpaired) electrons. The van der Waals surface area contributed by atoms with E-state index in [-0.39, 0.29) is 6.09 Å². The summed E-state index contributed by atoms with van der Waals surface area (Å²) in [6.07, 6.45) is 1.70. The number of hydrogen-bond donors (Lipinski definition) is 2. The van der Waals surface area contributed by atoms with Crippen molar-refractivity contribution in [2.75, 3.05) is 33.3 Å². The quantitative estimate of drug-likeness (QED) is 0.561. The Balaban J connectivity index is 1.75. The third-order valence-corrected chi connectivity index (χ3v) is 4.77. The van der Waals surface area contributed by atoms with E-state index < -0.39 is 5.60 Å². The predicted molar refractivity (Wildman–Crippen MR) is 116 cm³/mol. The number of hydrogen-bond acceptors (Lipinski definition) is 4. The Labute approximate surface area is 174 Å². The third kappa shape index (κ3) is 7.83. The summed E-state index contributed by atoms with van der Waals surface area (Å²) < 4.78 is 11.1. The first kappa shape index (κ1) is 22.8. The van der Waals surface area contributed by atoms with Crippen LogP contribution in [-0.4, -0.2) is 55.8 Å². The van der Waals surface area contributed by atoms with Crippen molar-refractivity contribution in [1.29, 1.82) is 0 Å². The van der Waals surface area contributed by atoms with Gasteiger partial charge in [0.25, 0.3) is 0 Å². The molecule has 1 aromatic rings. The van der Waals surface area contributed by atoms with Gasteiger partial charge in [-0.3, -0.25) is 4.99 Å². The van der Waals surface area contributed by atoms with Crippen molar-refractivity contribution in [3.05, 3.63) is 29.8 Å². The number of benzene rings is 1. The summed E-state index contributed by atoms with van der Waals surface area (Å²) in [6.45, 7) is 11.3. The maximum atomic E-state index is 12.2. The highest BCUT2D eigenvalue weighted by atomic mass is 16.6. The van der Waals surface area contributed by atoms with E-state index in [1.54, 1.807) is 11.9 Å². The number of guanidine groups is 1. The average molecular weight is 405 g/mol. The lowest BCUT2D eigenvalue weighted by atomic mass is 9.97. The van der Waals surface area contributed by atoms with Gasteiger partial charge in [-0.2, -0.15) is 0 Å². The SMILES string of the molecule is CCOc1ccccc1CNC(=NC)NCC1CCN(C(=O)OC(C)(C)C)CC1. The fraction of sp³-hybridized carbons (Fsp3) is 0.636. The predicted octanol–water partition coefficient (Wildman–Crippen LogP) is 3.40. The number of nitrogens with one attached hydrogen (secondary N) is 2. The van der Waals surface area contributed by atoms with Gasteiger partial charge in [0.2, 0.25) is 0 Å². The molecule has 1 fully saturated rings. The molecule has 0 saturated carbocycles. The lowest BCUT2D eigenvalue weighted by molar-refractivity contribution is 0.0185. The van der Waals surface area contributed by atoms with E-state index in [1.165, 1.54) is 0 Å². The van der Waals surface area contributed by atoms with Gasteiger partial charge < -0.3 is 25.0 Å². The summed E-state index contributed by atoms with van der Waals surface area (Å²) in [5.74, 6) is 2.17. The molecule has 0 bridgehead atoms. The molecule has 1 amide bonds. The molecule has 2 rings (SSSR count). The number of likely N-dealkylation sites (tertiary alicyclic amines) is 1. The molecule has 29 heavy (non-hydrogen) atoms. The molecular weight excluding hydrogens is 368 g/mol. The number of para-hydroxylation sites is 1. The monoisotopic (exact) mass is 404 g/mol. The number of rotatable bonds is 6. The summed E-state index contributed by atoms with van der Waals surface area (Å²) in [4.78, 5) is 18.3. The van der Waals surface area contributed by atoms with E-state index in [0.29, 0.717) is 19.1 Å². The topological polar surface area (TPSA) is 75.2 Å². The van der Waals surface area contributed by atoms with Gasteiger partial charge >= 0.3 is 6.09 Å². The Morgan fingerprint density at radius 2 is 1.90 bits per heavy atom. The maximum absolute atomic E-state index is 12.2. The van der Waals surface area contributed by atoms with Crippen molar-refractivity contribution < 1.29 is 14.3 Å². The molecule has 7 heteroatoms. The van der Waals surface area contributed by atoms with Gasteiger partial charge in [-0.1, -0.05) is 18.2 Å². The van der Waals surface area contributed by atoms with Gasteiger partial charge in [-0.05, 0) is 52.5 Å². The van der Waals surface area contributed by atoms with Crippen LogP contribution in [0.2, 0.25) is 0 Å². The number of ether oxygens (including phenoxy) is 2. The van der Waals surface area contributed by atoms with Crippen LogP contribution in [-0.2, 0) is 11.3 Å². The van der Waals surface area contributed by atoms with E-state index >= 15 is 0 Å². The Morgan fingerprint density at radius 3 is 2.52 bits per heavy atom. The normalized spacial score (nSPS) is 15.8. The van der Waals surface area contributed by atoms with Crippen LogP contribution in [0.15, 0.2) is 29.3 Å². The minimum Gasteiger partial charge on any atom is -0.494 e. The van der Waals surface area contributed by atoms with Gasteiger partial charge in [-0.25, -0.2) is 4.79 Å². The van der Waals surface area contributed by atoms with Crippen LogP contribution in [0.3, 0.4) is 0 Å². The van der Waals surface area contributed by atoms with Crippen molar-refractivity contribution in [1.82, 2.24) is 15.5 Å². The van der Waals surface area contributed by atoms with Crippen molar-refractivity contribution in [3.63, 3.8) is 0 Å². The molecule has 0 aliphatic carbocycles. The van der Waals surface area contributed by atoms with Crippen LogP contribution >= 0.6 is 0 Å². The van der Waals surface area contributed by atoms with E-state index in [9.17, 15) is 4.79 Å². The van der Waals surface area contributed by atoms with Crippen LogP contribution in [0.4, 0.5) is 4.79 Å². The zero-order valence-corrected chi connectivity index (χ0v) is 18.5. The van der Waals surface area contributed by atoms with Gasteiger partial charge in [0.05, 0.1) is 6.61 Å². The molecule has 0 unspecified atom stereocenters. The molecular formula is C22H36N4O3. The summed E-state index contributed by atoms with van der Waals surface area (Å²) in [7, 11) is 1.77. The molecule has 162 valence electrons. The molecule has 1 aliphatic heterocycles. The molecule has 7 nitrogen and oxygen atoms in total. The molecule has 0 aromatic heterocycles. The first-order valence-electron chi connectivity index (χ1n) is 10.5. The summed E-state index contributed by atoms with van der Waals surface area (Å²) >= 11 is 0. The molecule has 1 aliphatic rings. The van der Waals surface area contributed by atoms with Crippen molar-refractivity contribution in [3.8, 4) is 5.75 Å². The fourth-order valence-electron chi connectivity index (χ4n) is 3.23. The Kier molecular flexibility index (Phi) is 8.61. The number of aliphatic imine (C=N–C) groups is 1. The van der Waals surface area contributed by atoms with Gasteiger partial charge in [0.1, 0.15) is 11.4 Å². The highest BCUT2D eigenvalue weighted by Gasteiger charge is 2.26. The first-order valence-corrected chi connectivity index (χ1v) is 10.5. The minimum absolute atomic E-state index is 0.214. The molecule has 0 spiro atoms. The highest BCUT2D eigenvalue weighted by molar-refractivity contribution is 5.79. The Bertz CT molecular complexity index is 677. The molecule has 1 heterocycles. The van der Waals surface area contributed by atoms with Crippen LogP contribution in [0, 0.1) is 5.92 Å². The van der Waals surface area contributed by atoms with Crippen LogP contribution in [0.25, 0.3) is 0 Å². The number of piperidine rings is 1. The standard InChI is InChI=1S/C22H36N4O3/c1-6-28-19-10-8-7-9-18(19)16-25-20(23-5)24-15-17-11-13-26(14-12-17)21(27)29-22(2,3)4/h7-10,17H,6,11-16H2,1-5H3,(H2,23,24,25). The van der Waals surface area contributed by atoms with Crippen LogP contribution in [0.1, 0.15) is 46.1 Å². The minimum atomic E-state index is -0.450. The lowest BCUT2D eigenvalue weighted by Gasteiger charge is -2.33. The first-order chi connectivity index (χ1) is 13.8. The summed E-state index contributed by atoms with van der Waals surface area (Å²) in [5, 5.41) is 6.76. The number of nitrogens with zero attached hydrogens (tertiary/aromatic N) is 2. The van der Waals surface area contributed by atoms with Crippen molar-refractivity contribution >= 4 is 12.1 Å². The maximum Gasteiger partial charge on any atom is 0.410 e. The van der Waals surface area contributed by atoms with Gasteiger partial charge in [-0.15, -0.1) is 0 Å². The zero-order chi connectivity index (χ0) is 21.3. The summed E-state index contributed by atoms with van der Waals surface area (Å²) in [5.41, 5.74) is 0.650. The fourth-order valence-corrected chi connectivity index (χ4v) is 3.23. The molecule has 0 atom stereocenters. The number of carbonyl (C=O) groups is 1. The number of carbonyl (C=O) groups excluding carboxylic acids is 1. The van der Waals surface area contributed by atoms with E-state index in [4.69, 9.17) is 9.47 Å². The molecule has 1 aromatic carbocycles. The molecule has 2 N–H and O–H groups in total. The van der Waals surface area contributed by atoms with Crippen molar-refractivity contribution in [2.24, 2.45) is 10.9 Å². The van der Waals surface area contributed by atoms with Gasteiger partial charge in [0, 0.05) is 38.8 Å². The largest absolute Gasteiger partial charge is 0.494 e. The summed E-state index contributed by atoms with van der Waals surface area (Å²) in [6, 6.07) is 8.02. The smallest absolute Gasteiger partial charge is 0.410 e. The second kappa shape index (κ2) is 10.9. The van der Waals surface area contributed by atoms with E-state index in [0.717, 1.165) is 49.7 Å². The average Bonchev–Trinajstić information content (AvgIpc) is 2.68. The second-order valence-corrected chi connectivity index (χ2v) is 8.26. The van der Waals surface area contributed by atoms with Crippen LogP contribution in [0.5, 0.6) is 5.75 Å². The highest BCUT2D eigenvalue weighted by Crippen LogP contribution is 2.19. The molecule has 1 saturated heterocycles. The van der Waals surface area contributed by atoms with Gasteiger partial charge in [0.15, 0.2) is 5.96 Å². The lowest BCUT2D eigenvalue weighted by Crippen LogP contribution is -2.45. The third-order valence-electron chi connectivity index (χ3n) is 4.77.